The van der Waals surface area contributed by atoms with Crippen molar-refractivity contribution in [2.24, 2.45) is 0 Å². The third-order valence-electron chi connectivity index (χ3n) is 6.78. The van der Waals surface area contributed by atoms with Crippen LogP contribution in [0.3, 0.4) is 0 Å². The molecule has 0 radical (unpaired) electrons. The lowest BCUT2D eigenvalue weighted by Gasteiger charge is -2.34. The summed E-state index contributed by atoms with van der Waals surface area (Å²) in [5.41, 5.74) is 0.530. The fourth-order valence-electron chi connectivity index (χ4n) is 4.24. The Bertz CT molecular complexity index is 1140. The van der Waals surface area contributed by atoms with Crippen molar-refractivity contribution in [3.63, 3.8) is 0 Å². The number of benzene rings is 1. The standard InChI is InChI=1S/C25H38N6O5/c1-17-18(15-31(24(34)35)25(2,3)4)7-8-19-21(17)22(33)36-23(26-19)27-20(16-32)29(6)11-14-30-12-9-28(5)10-13-30/h7-8,16,20H,9-15H2,1-6H3,(H,26,27)(H,34,35). The molecule has 1 aliphatic heterocycles. The topological polar surface area (TPSA) is 122 Å². The first-order chi connectivity index (χ1) is 16.9. The minimum atomic E-state index is -1.04. The van der Waals surface area contributed by atoms with Crippen LogP contribution < -0.4 is 10.9 Å². The Morgan fingerprint density at radius 3 is 2.53 bits per heavy atom. The second-order valence-corrected chi connectivity index (χ2v) is 10.4. The van der Waals surface area contributed by atoms with E-state index in [2.05, 4.69) is 27.1 Å². The van der Waals surface area contributed by atoms with Crippen LogP contribution in [0.1, 0.15) is 31.9 Å². The van der Waals surface area contributed by atoms with E-state index in [1.165, 1.54) is 4.90 Å². The molecule has 0 bridgehead atoms. The number of aryl methyl sites for hydroxylation is 1. The van der Waals surface area contributed by atoms with Gasteiger partial charge in [-0.15, -0.1) is 0 Å². The van der Waals surface area contributed by atoms with E-state index in [9.17, 15) is 19.5 Å². The zero-order chi connectivity index (χ0) is 26.6. The maximum Gasteiger partial charge on any atom is 0.408 e. The third kappa shape index (κ3) is 6.59. The van der Waals surface area contributed by atoms with E-state index in [1.807, 2.05) is 32.7 Å². The van der Waals surface area contributed by atoms with E-state index in [1.54, 1.807) is 19.1 Å². The van der Waals surface area contributed by atoms with E-state index < -0.39 is 23.4 Å². The van der Waals surface area contributed by atoms with Gasteiger partial charge in [-0.05, 0) is 59.0 Å². The monoisotopic (exact) mass is 502 g/mol. The Kier molecular flexibility index (Phi) is 8.70. The Hall–Kier alpha value is -3.02. The lowest BCUT2D eigenvalue weighted by molar-refractivity contribution is -0.111. The number of fused-ring (bicyclic) bond motifs is 1. The number of aromatic nitrogens is 1. The lowest BCUT2D eigenvalue weighted by atomic mass is 10.0. The molecule has 1 fully saturated rings. The number of hydrogen-bond acceptors (Lipinski definition) is 9. The van der Waals surface area contributed by atoms with Gasteiger partial charge >= 0.3 is 11.7 Å². The fourth-order valence-corrected chi connectivity index (χ4v) is 4.24. The highest BCUT2D eigenvalue weighted by molar-refractivity contribution is 5.83. The molecule has 1 saturated heterocycles. The highest BCUT2D eigenvalue weighted by Gasteiger charge is 2.27. The van der Waals surface area contributed by atoms with Crippen LogP contribution in [-0.2, 0) is 11.3 Å². The Morgan fingerprint density at radius 1 is 1.28 bits per heavy atom. The van der Waals surface area contributed by atoms with Crippen LogP contribution in [0.2, 0.25) is 0 Å². The van der Waals surface area contributed by atoms with Gasteiger partial charge in [0, 0.05) is 51.4 Å². The van der Waals surface area contributed by atoms with Gasteiger partial charge in [0.05, 0.1) is 10.9 Å². The summed E-state index contributed by atoms with van der Waals surface area (Å²) >= 11 is 0. The first-order valence-electron chi connectivity index (χ1n) is 12.2. The van der Waals surface area contributed by atoms with Gasteiger partial charge in [0.1, 0.15) is 6.17 Å². The molecule has 1 aliphatic rings. The maximum atomic E-state index is 12.9. The molecule has 1 unspecified atom stereocenters. The number of nitrogens with one attached hydrogen (secondary N) is 1. The maximum absolute atomic E-state index is 12.9. The van der Waals surface area contributed by atoms with Crippen LogP contribution in [0.5, 0.6) is 0 Å². The lowest BCUT2D eigenvalue weighted by Crippen LogP contribution is -2.48. The van der Waals surface area contributed by atoms with Crippen LogP contribution >= 0.6 is 0 Å². The van der Waals surface area contributed by atoms with Gasteiger partial charge in [-0.2, -0.15) is 4.98 Å². The molecule has 36 heavy (non-hydrogen) atoms. The Labute approximate surface area is 211 Å². The van der Waals surface area contributed by atoms with Crippen LogP contribution in [0.4, 0.5) is 10.8 Å². The minimum Gasteiger partial charge on any atom is -0.465 e. The van der Waals surface area contributed by atoms with Gasteiger partial charge < -0.3 is 19.7 Å². The Balaban J connectivity index is 1.75. The number of carboxylic acid groups (broad SMARTS) is 1. The van der Waals surface area contributed by atoms with E-state index >= 15 is 0 Å². The van der Waals surface area contributed by atoms with E-state index in [-0.39, 0.29) is 12.6 Å². The molecule has 198 valence electrons. The first kappa shape index (κ1) is 27.6. The number of piperazine rings is 1. The van der Waals surface area contributed by atoms with Gasteiger partial charge in [-0.1, -0.05) is 6.07 Å². The molecule has 3 rings (SSSR count). The van der Waals surface area contributed by atoms with Crippen LogP contribution in [0.15, 0.2) is 21.3 Å². The molecular formula is C25H38N6O5. The third-order valence-corrected chi connectivity index (χ3v) is 6.78. The van der Waals surface area contributed by atoms with Crippen molar-refractivity contribution in [3.05, 3.63) is 33.7 Å². The SMILES string of the molecule is Cc1c(CN(C(=O)O)C(C)(C)C)ccc2nc(NC(C=O)N(C)CCN3CCN(C)CC3)oc(=O)c12. The molecule has 1 aromatic carbocycles. The van der Waals surface area contributed by atoms with Gasteiger partial charge in [-0.3, -0.25) is 19.5 Å². The molecule has 2 N–H and O–H groups in total. The predicted molar refractivity (Wildman–Crippen MR) is 138 cm³/mol. The number of carbonyl (C=O) groups excluding carboxylic acids is 1. The van der Waals surface area contributed by atoms with Crippen molar-refractivity contribution < 1.29 is 19.1 Å². The molecule has 11 heteroatoms. The average molecular weight is 503 g/mol. The smallest absolute Gasteiger partial charge is 0.408 e. The largest absolute Gasteiger partial charge is 0.465 e. The summed E-state index contributed by atoms with van der Waals surface area (Å²) in [5, 5.41) is 12.8. The number of amides is 1. The second kappa shape index (κ2) is 11.4. The molecule has 2 heterocycles. The molecule has 1 atom stereocenters. The zero-order valence-electron chi connectivity index (χ0n) is 22.1. The molecular weight excluding hydrogens is 464 g/mol. The number of carbonyl (C=O) groups is 2. The molecule has 11 nitrogen and oxygen atoms in total. The highest BCUT2D eigenvalue weighted by atomic mass is 16.4. The zero-order valence-corrected chi connectivity index (χ0v) is 22.1. The average Bonchev–Trinajstić information content (AvgIpc) is 2.80. The summed E-state index contributed by atoms with van der Waals surface area (Å²) in [6, 6.07) is 3.41. The fraction of sp³-hybridized carbons (Fsp3) is 0.600. The molecule has 1 aromatic heterocycles. The quantitative estimate of drug-likeness (QED) is 0.388. The van der Waals surface area contributed by atoms with Crippen molar-refractivity contribution in [1.29, 1.82) is 0 Å². The normalized spacial score (nSPS) is 16.3. The molecule has 1 amide bonds. The van der Waals surface area contributed by atoms with Crippen LogP contribution in [0, 0.1) is 6.92 Å². The number of anilines is 1. The second-order valence-electron chi connectivity index (χ2n) is 10.4. The van der Waals surface area contributed by atoms with Crippen LogP contribution in [0.25, 0.3) is 10.9 Å². The number of nitrogens with zero attached hydrogens (tertiary/aromatic N) is 5. The number of likely N-dealkylation sites (N-methyl/N-ethyl adjacent to an activating group) is 2. The number of aldehydes is 1. The van der Waals surface area contributed by atoms with Crippen molar-refractivity contribution in [2.75, 3.05) is 58.7 Å². The predicted octanol–water partition coefficient (Wildman–Crippen LogP) is 1.89. The summed E-state index contributed by atoms with van der Waals surface area (Å²) in [6.45, 7) is 12.9. The van der Waals surface area contributed by atoms with E-state index in [0.29, 0.717) is 28.6 Å². The van der Waals surface area contributed by atoms with Crippen molar-refractivity contribution in [1.82, 2.24) is 24.6 Å². The summed E-state index contributed by atoms with van der Waals surface area (Å²) in [5.74, 6) is 0. The summed E-state index contributed by atoms with van der Waals surface area (Å²) in [6.07, 6.45) is -0.984. The van der Waals surface area contributed by atoms with E-state index in [4.69, 9.17) is 4.42 Å². The molecule has 0 aliphatic carbocycles. The molecule has 0 spiro atoms. The van der Waals surface area contributed by atoms with Gasteiger partial charge in [0.2, 0.25) is 0 Å². The van der Waals surface area contributed by atoms with Gasteiger partial charge in [0.25, 0.3) is 6.01 Å². The van der Waals surface area contributed by atoms with Crippen molar-refractivity contribution >= 4 is 29.3 Å². The molecule has 0 saturated carbocycles. The number of rotatable bonds is 9. The van der Waals surface area contributed by atoms with E-state index in [0.717, 1.165) is 39.0 Å². The molecule has 2 aromatic rings. The highest BCUT2D eigenvalue weighted by Crippen LogP contribution is 2.24. The summed E-state index contributed by atoms with van der Waals surface area (Å²) in [7, 11) is 3.94. The van der Waals surface area contributed by atoms with Crippen LogP contribution in [-0.4, -0.2) is 107 Å². The Morgan fingerprint density at radius 2 is 1.94 bits per heavy atom. The van der Waals surface area contributed by atoms with Crippen molar-refractivity contribution in [2.45, 2.75) is 45.9 Å². The first-order valence-corrected chi connectivity index (χ1v) is 12.2. The van der Waals surface area contributed by atoms with Gasteiger partial charge in [-0.25, -0.2) is 9.59 Å². The van der Waals surface area contributed by atoms with Gasteiger partial charge in [0.15, 0.2) is 6.29 Å². The summed E-state index contributed by atoms with van der Waals surface area (Å²) in [4.78, 5) is 48.7. The minimum absolute atomic E-state index is 0.0370. The number of hydrogen-bond donors (Lipinski definition) is 2. The van der Waals surface area contributed by atoms with Crippen molar-refractivity contribution in [3.8, 4) is 0 Å². The summed E-state index contributed by atoms with van der Waals surface area (Å²) < 4.78 is 5.43.